The molecule has 0 bridgehead atoms. The molecule has 2 heterocycles. The van der Waals surface area contributed by atoms with Crippen molar-refractivity contribution in [1.82, 2.24) is 9.88 Å². The van der Waals surface area contributed by atoms with Gasteiger partial charge in [-0.05, 0) is 54.8 Å². The van der Waals surface area contributed by atoms with E-state index in [1.807, 2.05) is 11.0 Å². The Bertz CT molecular complexity index is 400. The van der Waals surface area contributed by atoms with E-state index in [-0.39, 0.29) is 11.4 Å². The molecule has 1 fully saturated rings. The Morgan fingerprint density at radius 2 is 2.25 bits per heavy atom. The van der Waals surface area contributed by atoms with Crippen LogP contribution in [0.3, 0.4) is 0 Å². The summed E-state index contributed by atoms with van der Waals surface area (Å²) in [5.41, 5.74) is 0.641. The molecule has 0 aromatic carbocycles. The highest BCUT2D eigenvalue weighted by Gasteiger charge is 2.35. The summed E-state index contributed by atoms with van der Waals surface area (Å²) in [5.74, 6) is 0.0856. The molecule has 1 aliphatic rings. The first-order valence-electron chi connectivity index (χ1n) is 5.44. The zero-order valence-electron chi connectivity index (χ0n) is 9.53. The third-order valence-corrected chi connectivity index (χ3v) is 3.59. The molecular formula is C12H15BrN2O. The molecule has 0 saturated carbocycles. The van der Waals surface area contributed by atoms with Crippen LogP contribution in [-0.2, 0) is 0 Å². The zero-order valence-corrected chi connectivity index (χ0v) is 11.1. The second-order valence-corrected chi connectivity index (χ2v) is 5.55. The quantitative estimate of drug-likeness (QED) is 0.742. The molecule has 0 aliphatic carbocycles. The molecule has 0 unspecified atom stereocenters. The molecule has 1 aromatic rings. The van der Waals surface area contributed by atoms with Crippen LogP contribution < -0.4 is 0 Å². The molecule has 1 aromatic heterocycles. The van der Waals surface area contributed by atoms with Gasteiger partial charge in [-0.2, -0.15) is 0 Å². The molecule has 2 rings (SSSR count). The number of hydrogen-bond donors (Lipinski definition) is 0. The standard InChI is InChI=1S/C12H15BrN2O/c1-12(2)6-3-7-15(12)11(16)9-4-5-10(13)14-8-9/h4-5,8H,3,6-7H2,1-2H3. The summed E-state index contributed by atoms with van der Waals surface area (Å²) in [7, 11) is 0. The Balaban J connectivity index is 2.22. The number of likely N-dealkylation sites (tertiary alicyclic amines) is 1. The minimum Gasteiger partial charge on any atom is -0.333 e. The van der Waals surface area contributed by atoms with Gasteiger partial charge in [0.25, 0.3) is 5.91 Å². The molecule has 86 valence electrons. The van der Waals surface area contributed by atoms with E-state index in [4.69, 9.17) is 0 Å². The lowest BCUT2D eigenvalue weighted by atomic mass is 10.0. The molecule has 4 heteroatoms. The predicted molar refractivity (Wildman–Crippen MR) is 66.3 cm³/mol. The van der Waals surface area contributed by atoms with Gasteiger partial charge >= 0.3 is 0 Å². The SMILES string of the molecule is CC1(C)CCCN1C(=O)c1ccc(Br)nc1. The highest BCUT2D eigenvalue weighted by molar-refractivity contribution is 9.10. The van der Waals surface area contributed by atoms with Crippen LogP contribution in [0.25, 0.3) is 0 Å². The Labute approximate surface area is 104 Å². The van der Waals surface area contributed by atoms with Gasteiger partial charge in [-0.1, -0.05) is 0 Å². The van der Waals surface area contributed by atoms with Gasteiger partial charge in [-0.25, -0.2) is 4.98 Å². The van der Waals surface area contributed by atoms with Crippen molar-refractivity contribution in [2.24, 2.45) is 0 Å². The summed E-state index contributed by atoms with van der Waals surface area (Å²) in [4.78, 5) is 18.3. The largest absolute Gasteiger partial charge is 0.333 e. The van der Waals surface area contributed by atoms with Gasteiger partial charge in [-0.15, -0.1) is 0 Å². The second-order valence-electron chi connectivity index (χ2n) is 4.74. The normalized spacial score (nSPS) is 18.8. The van der Waals surface area contributed by atoms with Crippen molar-refractivity contribution in [1.29, 1.82) is 0 Å². The van der Waals surface area contributed by atoms with Crippen molar-refractivity contribution in [3.63, 3.8) is 0 Å². The average molecular weight is 283 g/mol. The van der Waals surface area contributed by atoms with Gasteiger partial charge < -0.3 is 4.90 Å². The number of aromatic nitrogens is 1. The molecule has 1 saturated heterocycles. The van der Waals surface area contributed by atoms with E-state index in [0.717, 1.165) is 24.0 Å². The lowest BCUT2D eigenvalue weighted by Gasteiger charge is -2.31. The van der Waals surface area contributed by atoms with Crippen LogP contribution >= 0.6 is 15.9 Å². The van der Waals surface area contributed by atoms with Crippen molar-refractivity contribution in [2.45, 2.75) is 32.2 Å². The predicted octanol–water partition coefficient (Wildman–Crippen LogP) is 2.86. The molecule has 1 amide bonds. The van der Waals surface area contributed by atoms with E-state index in [9.17, 15) is 4.79 Å². The van der Waals surface area contributed by atoms with E-state index in [1.165, 1.54) is 0 Å². The van der Waals surface area contributed by atoms with Gasteiger partial charge in [0.2, 0.25) is 0 Å². The summed E-state index contributed by atoms with van der Waals surface area (Å²) in [5, 5.41) is 0. The Morgan fingerprint density at radius 3 is 2.75 bits per heavy atom. The number of carbonyl (C=O) groups excluding carboxylic acids is 1. The van der Waals surface area contributed by atoms with Crippen LogP contribution in [0.1, 0.15) is 37.0 Å². The molecular weight excluding hydrogens is 268 g/mol. The van der Waals surface area contributed by atoms with Crippen molar-refractivity contribution in [3.8, 4) is 0 Å². The Hall–Kier alpha value is -0.900. The maximum atomic E-state index is 12.2. The minimum atomic E-state index is -0.0237. The van der Waals surface area contributed by atoms with E-state index in [1.54, 1.807) is 12.3 Å². The molecule has 3 nitrogen and oxygen atoms in total. The number of pyridine rings is 1. The first-order valence-corrected chi connectivity index (χ1v) is 6.23. The lowest BCUT2D eigenvalue weighted by molar-refractivity contribution is 0.0651. The summed E-state index contributed by atoms with van der Waals surface area (Å²) < 4.78 is 0.754. The lowest BCUT2D eigenvalue weighted by Crippen LogP contribution is -2.42. The first-order chi connectivity index (χ1) is 7.50. The summed E-state index contributed by atoms with van der Waals surface area (Å²) >= 11 is 3.26. The van der Waals surface area contributed by atoms with Crippen LogP contribution in [0, 0.1) is 0 Å². The number of hydrogen-bond acceptors (Lipinski definition) is 2. The van der Waals surface area contributed by atoms with Crippen molar-refractivity contribution in [2.75, 3.05) is 6.54 Å². The van der Waals surface area contributed by atoms with Gasteiger partial charge in [-0.3, -0.25) is 4.79 Å². The van der Waals surface area contributed by atoms with Gasteiger partial charge in [0, 0.05) is 18.3 Å². The van der Waals surface area contributed by atoms with Crippen molar-refractivity contribution >= 4 is 21.8 Å². The third kappa shape index (κ3) is 2.12. The fraction of sp³-hybridized carbons (Fsp3) is 0.500. The number of nitrogens with zero attached hydrogens (tertiary/aromatic N) is 2. The summed E-state index contributed by atoms with van der Waals surface area (Å²) in [6, 6.07) is 3.62. The third-order valence-electron chi connectivity index (χ3n) is 3.12. The smallest absolute Gasteiger partial charge is 0.255 e. The zero-order chi connectivity index (χ0) is 11.8. The van der Waals surface area contributed by atoms with Crippen LogP contribution in [0.2, 0.25) is 0 Å². The monoisotopic (exact) mass is 282 g/mol. The Morgan fingerprint density at radius 1 is 1.50 bits per heavy atom. The van der Waals surface area contributed by atoms with Crippen molar-refractivity contribution in [3.05, 3.63) is 28.5 Å². The maximum absolute atomic E-state index is 12.2. The summed E-state index contributed by atoms with van der Waals surface area (Å²) in [6.45, 7) is 5.08. The van der Waals surface area contributed by atoms with E-state index >= 15 is 0 Å². The first kappa shape index (κ1) is 11.6. The fourth-order valence-electron chi connectivity index (χ4n) is 2.14. The molecule has 0 spiro atoms. The van der Waals surface area contributed by atoms with Crippen LogP contribution in [0.5, 0.6) is 0 Å². The Kier molecular flexibility index (Phi) is 3.02. The van der Waals surface area contributed by atoms with Gasteiger partial charge in [0.15, 0.2) is 0 Å². The topological polar surface area (TPSA) is 33.2 Å². The number of rotatable bonds is 1. The van der Waals surface area contributed by atoms with Crippen molar-refractivity contribution < 1.29 is 4.79 Å². The number of amides is 1. The van der Waals surface area contributed by atoms with Gasteiger partial charge in [0.05, 0.1) is 5.56 Å². The molecule has 16 heavy (non-hydrogen) atoms. The van der Waals surface area contributed by atoms with Crippen LogP contribution in [-0.4, -0.2) is 27.9 Å². The maximum Gasteiger partial charge on any atom is 0.255 e. The number of halogens is 1. The van der Waals surface area contributed by atoms with E-state index in [0.29, 0.717) is 5.56 Å². The highest BCUT2D eigenvalue weighted by atomic mass is 79.9. The molecule has 0 N–H and O–H groups in total. The number of carbonyl (C=O) groups is 1. The van der Waals surface area contributed by atoms with E-state index < -0.39 is 0 Å². The average Bonchev–Trinajstić information content (AvgIpc) is 2.58. The second kappa shape index (κ2) is 4.17. The summed E-state index contributed by atoms with van der Waals surface area (Å²) in [6.07, 6.45) is 3.78. The van der Waals surface area contributed by atoms with Gasteiger partial charge in [0.1, 0.15) is 4.60 Å². The fourth-order valence-corrected chi connectivity index (χ4v) is 2.38. The minimum absolute atomic E-state index is 0.0237. The van der Waals surface area contributed by atoms with E-state index in [2.05, 4.69) is 34.8 Å². The highest BCUT2D eigenvalue weighted by Crippen LogP contribution is 2.29. The van der Waals surface area contributed by atoms with Crippen LogP contribution in [0.15, 0.2) is 22.9 Å². The molecule has 0 atom stereocenters. The molecule has 1 aliphatic heterocycles. The van der Waals surface area contributed by atoms with Crippen LogP contribution in [0.4, 0.5) is 0 Å². The molecule has 0 radical (unpaired) electrons.